The van der Waals surface area contributed by atoms with Gasteiger partial charge in [0.2, 0.25) is 11.9 Å². The zero-order valence-corrected chi connectivity index (χ0v) is 10.5. The second-order valence-electron chi connectivity index (χ2n) is 3.88. The summed E-state index contributed by atoms with van der Waals surface area (Å²) >= 11 is 0. The van der Waals surface area contributed by atoms with Crippen LogP contribution in [0, 0.1) is 0 Å². The van der Waals surface area contributed by atoms with E-state index in [2.05, 4.69) is 36.2 Å². The SMILES string of the molecule is CCCNC(=O)CNc1nc(NN)nc2[nH]ncc12. The number of H-pyrrole nitrogens is 1. The first kappa shape index (κ1) is 13.0. The van der Waals surface area contributed by atoms with Crippen molar-refractivity contribution in [1.82, 2.24) is 25.5 Å². The maximum absolute atomic E-state index is 11.5. The van der Waals surface area contributed by atoms with Gasteiger partial charge in [-0.2, -0.15) is 15.1 Å². The van der Waals surface area contributed by atoms with Crippen LogP contribution in [0.25, 0.3) is 11.0 Å². The fourth-order valence-electron chi connectivity index (χ4n) is 1.53. The number of hydrazine groups is 1. The highest BCUT2D eigenvalue weighted by molar-refractivity contribution is 5.89. The van der Waals surface area contributed by atoms with Crippen molar-refractivity contribution in [2.75, 3.05) is 23.8 Å². The first-order valence-corrected chi connectivity index (χ1v) is 5.93. The number of carbonyl (C=O) groups excluding carboxylic acids is 1. The molecule has 0 aromatic carbocycles. The van der Waals surface area contributed by atoms with Crippen LogP contribution in [0.4, 0.5) is 11.8 Å². The van der Waals surface area contributed by atoms with E-state index in [0.717, 1.165) is 6.42 Å². The van der Waals surface area contributed by atoms with Crippen LogP contribution in [0.3, 0.4) is 0 Å². The summed E-state index contributed by atoms with van der Waals surface area (Å²) in [5.41, 5.74) is 2.90. The Balaban J connectivity index is 2.10. The Morgan fingerprint density at radius 3 is 3.05 bits per heavy atom. The molecule has 0 bridgehead atoms. The summed E-state index contributed by atoms with van der Waals surface area (Å²) in [6.07, 6.45) is 2.48. The minimum Gasteiger partial charge on any atom is -0.360 e. The van der Waals surface area contributed by atoms with Crippen molar-refractivity contribution in [3.63, 3.8) is 0 Å². The highest BCUT2D eigenvalue weighted by Gasteiger charge is 2.09. The Morgan fingerprint density at radius 1 is 1.47 bits per heavy atom. The van der Waals surface area contributed by atoms with E-state index >= 15 is 0 Å². The molecule has 0 unspecified atom stereocenters. The molecule has 2 heterocycles. The summed E-state index contributed by atoms with van der Waals surface area (Å²) in [6.45, 7) is 2.77. The van der Waals surface area contributed by atoms with Crippen molar-refractivity contribution in [1.29, 1.82) is 0 Å². The maximum Gasteiger partial charge on any atom is 0.241 e. The zero-order chi connectivity index (χ0) is 13.7. The lowest BCUT2D eigenvalue weighted by atomic mass is 10.4. The second kappa shape index (κ2) is 5.96. The number of nitrogens with zero attached hydrogens (tertiary/aromatic N) is 3. The summed E-state index contributed by atoms with van der Waals surface area (Å²) in [5.74, 6) is 5.93. The van der Waals surface area contributed by atoms with Gasteiger partial charge in [-0.1, -0.05) is 6.92 Å². The lowest BCUT2D eigenvalue weighted by Crippen LogP contribution is -2.30. The average molecular weight is 264 g/mol. The number of carbonyl (C=O) groups is 1. The summed E-state index contributed by atoms with van der Waals surface area (Å²) < 4.78 is 0. The number of hydrogen-bond donors (Lipinski definition) is 5. The van der Waals surface area contributed by atoms with Crippen molar-refractivity contribution in [2.24, 2.45) is 5.84 Å². The second-order valence-corrected chi connectivity index (χ2v) is 3.88. The lowest BCUT2D eigenvalue weighted by Gasteiger charge is -2.08. The molecule has 19 heavy (non-hydrogen) atoms. The standard InChI is InChI=1S/C10H16N8O/c1-2-3-12-7(19)5-13-8-6-4-14-18-9(6)16-10(15-8)17-11/h4H,2-3,5,11H2,1H3,(H,12,19)(H3,13,14,15,16,17,18). The lowest BCUT2D eigenvalue weighted by molar-refractivity contribution is -0.119. The van der Waals surface area contributed by atoms with Gasteiger partial charge in [-0.3, -0.25) is 15.3 Å². The fraction of sp³-hybridized carbons (Fsp3) is 0.400. The number of rotatable bonds is 6. The Kier molecular flexibility index (Phi) is 4.08. The Bertz CT molecular complexity index is 566. The molecule has 0 fully saturated rings. The number of aromatic nitrogens is 4. The molecule has 2 aromatic heterocycles. The number of fused-ring (bicyclic) bond motifs is 1. The van der Waals surface area contributed by atoms with E-state index in [1.165, 1.54) is 0 Å². The van der Waals surface area contributed by atoms with Gasteiger partial charge in [0.1, 0.15) is 5.82 Å². The maximum atomic E-state index is 11.5. The summed E-state index contributed by atoms with van der Waals surface area (Å²) in [4.78, 5) is 19.8. The minimum atomic E-state index is -0.0978. The van der Waals surface area contributed by atoms with Crippen LogP contribution in [-0.4, -0.2) is 39.2 Å². The molecule has 0 aliphatic carbocycles. The highest BCUT2D eigenvalue weighted by Crippen LogP contribution is 2.18. The molecule has 2 rings (SSSR count). The van der Waals surface area contributed by atoms with Crippen molar-refractivity contribution < 1.29 is 4.79 Å². The minimum absolute atomic E-state index is 0.0978. The summed E-state index contributed by atoms with van der Waals surface area (Å²) in [6, 6.07) is 0. The Hall–Kier alpha value is -2.42. The average Bonchev–Trinajstić information content (AvgIpc) is 2.90. The fourth-order valence-corrected chi connectivity index (χ4v) is 1.53. The molecule has 9 heteroatoms. The largest absolute Gasteiger partial charge is 0.360 e. The number of nitrogens with one attached hydrogen (secondary N) is 4. The van der Waals surface area contributed by atoms with Gasteiger partial charge in [-0.15, -0.1) is 0 Å². The number of hydrogen-bond acceptors (Lipinski definition) is 7. The normalized spacial score (nSPS) is 10.4. The topological polar surface area (TPSA) is 134 Å². The molecule has 0 saturated carbocycles. The van der Waals surface area contributed by atoms with Crippen LogP contribution in [-0.2, 0) is 4.79 Å². The number of nitrogen functional groups attached to an aromatic ring is 1. The predicted molar refractivity (Wildman–Crippen MR) is 71.3 cm³/mol. The van der Waals surface area contributed by atoms with E-state index in [-0.39, 0.29) is 18.4 Å². The third kappa shape index (κ3) is 3.07. The van der Waals surface area contributed by atoms with Crippen LogP contribution in [0.2, 0.25) is 0 Å². The smallest absolute Gasteiger partial charge is 0.241 e. The molecule has 2 aromatic rings. The molecule has 102 valence electrons. The third-order valence-corrected chi connectivity index (χ3v) is 2.43. The highest BCUT2D eigenvalue weighted by atomic mass is 16.1. The van der Waals surface area contributed by atoms with E-state index in [0.29, 0.717) is 23.4 Å². The molecule has 0 aliphatic heterocycles. The number of aromatic amines is 1. The van der Waals surface area contributed by atoms with E-state index in [1.54, 1.807) is 6.20 Å². The molecular formula is C10H16N8O. The van der Waals surface area contributed by atoms with Crippen molar-refractivity contribution in [3.05, 3.63) is 6.20 Å². The van der Waals surface area contributed by atoms with Crippen molar-refractivity contribution >= 4 is 28.7 Å². The number of anilines is 2. The molecule has 0 radical (unpaired) electrons. The van der Waals surface area contributed by atoms with E-state index in [9.17, 15) is 4.79 Å². The first-order chi connectivity index (χ1) is 9.24. The summed E-state index contributed by atoms with van der Waals surface area (Å²) in [5, 5.41) is 13.0. The summed E-state index contributed by atoms with van der Waals surface area (Å²) in [7, 11) is 0. The quantitative estimate of drug-likeness (QED) is 0.353. The van der Waals surface area contributed by atoms with Crippen LogP contribution in [0.15, 0.2) is 6.20 Å². The molecule has 1 amide bonds. The van der Waals surface area contributed by atoms with E-state index in [4.69, 9.17) is 5.84 Å². The van der Waals surface area contributed by atoms with Crippen LogP contribution >= 0.6 is 0 Å². The van der Waals surface area contributed by atoms with Crippen molar-refractivity contribution in [3.8, 4) is 0 Å². The van der Waals surface area contributed by atoms with Crippen LogP contribution < -0.4 is 21.9 Å². The predicted octanol–water partition coefficient (Wildman–Crippen LogP) is -0.423. The molecule has 0 spiro atoms. The van der Waals surface area contributed by atoms with Gasteiger partial charge in [-0.05, 0) is 6.42 Å². The van der Waals surface area contributed by atoms with Gasteiger partial charge < -0.3 is 10.6 Å². The Morgan fingerprint density at radius 2 is 2.32 bits per heavy atom. The van der Waals surface area contributed by atoms with Gasteiger partial charge in [0.15, 0.2) is 5.65 Å². The molecule has 0 aliphatic rings. The van der Waals surface area contributed by atoms with Gasteiger partial charge >= 0.3 is 0 Å². The van der Waals surface area contributed by atoms with Crippen LogP contribution in [0.1, 0.15) is 13.3 Å². The monoisotopic (exact) mass is 264 g/mol. The number of nitrogens with two attached hydrogens (primary N) is 1. The first-order valence-electron chi connectivity index (χ1n) is 5.93. The third-order valence-electron chi connectivity index (χ3n) is 2.43. The molecule has 9 nitrogen and oxygen atoms in total. The zero-order valence-electron chi connectivity index (χ0n) is 10.5. The van der Waals surface area contributed by atoms with Gasteiger partial charge in [0, 0.05) is 6.54 Å². The molecular weight excluding hydrogens is 248 g/mol. The van der Waals surface area contributed by atoms with Gasteiger partial charge in [0.25, 0.3) is 0 Å². The Labute approximate surface area is 109 Å². The van der Waals surface area contributed by atoms with Crippen molar-refractivity contribution in [2.45, 2.75) is 13.3 Å². The van der Waals surface area contributed by atoms with E-state index < -0.39 is 0 Å². The molecule has 0 saturated heterocycles. The number of amides is 1. The van der Waals surface area contributed by atoms with Gasteiger partial charge in [-0.25, -0.2) is 5.84 Å². The van der Waals surface area contributed by atoms with Crippen LogP contribution in [0.5, 0.6) is 0 Å². The molecule has 6 N–H and O–H groups in total. The van der Waals surface area contributed by atoms with Gasteiger partial charge in [0.05, 0.1) is 18.1 Å². The molecule has 0 atom stereocenters. The van der Waals surface area contributed by atoms with E-state index in [1.807, 2.05) is 6.92 Å².